The van der Waals surface area contributed by atoms with Crippen molar-refractivity contribution in [1.82, 2.24) is 0 Å². The molecule has 0 bridgehead atoms. The van der Waals surface area contributed by atoms with Crippen molar-refractivity contribution in [3.63, 3.8) is 0 Å². The fourth-order valence-corrected chi connectivity index (χ4v) is 12.5. The van der Waals surface area contributed by atoms with Gasteiger partial charge in [-0.05, 0) is 180 Å². The number of phosphoric ester groups is 2. The lowest BCUT2D eigenvalue weighted by molar-refractivity contribution is -0.161. The third-order valence-corrected chi connectivity index (χ3v) is 19.2. The molecule has 0 aliphatic rings. The number of aliphatic hydroxyl groups is 1. The summed E-state index contributed by atoms with van der Waals surface area (Å²) in [7, 11) is -10.0. The van der Waals surface area contributed by atoms with Crippen LogP contribution in [0, 0.1) is 0 Å². The van der Waals surface area contributed by atoms with E-state index in [0.29, 0.717) is 25.7 Å². The summed E-state index contributed by atoms with van der Waals surface area (Å²) in [6.07, 6.45) is 101. The van der Waals surface area contributed by atoms with Gasteiger partial charge in [-0.3, -0.25) is 37.3 Å². The summed E-state index contributed by atoms with van der Waals surface area (Å²) in [5, 5.41) is 10.7. The first-order valence-corrected chi connectivity index (χ1v) is 46.0. The molecule has 0 saturated heterocycles. The Bertz CT molecular complexity index is 2830. The second-order valence-electron chi connectivity index (χ2n) is 28.0. The minimum atomic E-state index is -5.01. The Morgan fingerprint density at radius 3 is 0.714 bits per heavy atom. The zero-order chi connectivity index (χ0) is 81.7. The van der Waals surface area contributed by atoms with Crippen LogP contribution in [0.25, 0.3) is 0 Å². The zero-order valence-corrected chi connectivity index (χ0v) is 71.6. The van der Waals surface area contributed by atoms with Crippen LogP contribution in [0.4, 0.5) is 0 Å². The number of aliphatic hydroxyl groups excluding tert-OH is 1. The molecule has 0 fully saturated rings. The minimum Gasteiger partial charge on any atom is -0.462 e. The Balaban J connectivity index is 5.47. The number of unbranched alkanes of at least 4 members (excludes halogenated alkanes) is 23. The van der Waals surface area contributed by atoms with E-state index in [1.807, 2.05) is 0 Å². The normalized spacial score (nSPS) is 14.7. The molecular formula is C93H152O17P2. The molecule has 19 heteroatoms. The molecule has 0 aromatic rings. The Morgan fingerprint density at radius 1 is 0.259 bits per heavy atom. The van der Waals surface area contributed by atoms with Crippen LogP contribution in [0.3, 0.4) is 0 Å². The molecule has 636 valence electrons. The number of carbonyl (C=O) groups excluding carboxylic acids is 4. The van der Waals surface area contributed by atoms with Crippen LogP contribution < -0.4 is 0 Å². The third kappa shape index (κ3) is 82.2. The summed E-state index contributed by atoms with van der Waals surface area (Å²) in [5.74, 6) is -2.27. The first kappa shape index (κ1) is 106. The number of carbonyl (C=O) groups is 4. The van der Waals surface area contributed by atoms with Crippen molar-refractivity contribution < 1.29 is 80.2 Å². The average Bonchev–Trinajstić information content (AvgIpc) is 0.895. The van der Waals surface area contributed by atoms with Crippen LogP contribution in [0.2, 0.25) is 0 Å². The molecule has 5 atom stereocenters. The Labute approximate surface area is 679 Å². The maximum Gasteiger partial charge on any atom is 0.472 e. The Hall–Kier alpha value is -5.84. The quantitative estimate of drug-likeness (QED) is 0.0169. The van der Waals surface area contributed by atoms with Gasteiger partial charge in [-0.2, -0.15) is 0 Å². The van der Waals surface area contributed by atoms with Crippen molar-refractivity contribution >= 4 is 39.5 Å². The van der Waals surface area contributed by atoms with Crippen LogP contribution in [0.1, 0.15) is 323 Å². The van der Waals surface area contributed by atoms with Gasteiger partial charge in [0.25, 0.3) is 0 Å². The molecule has 0 rings (SSSR count). The van der Waals surface area contributed by atoms with Crippen molar-refractivity contribution in [2.45, 2.75) is 341 Å². The lowest BCUT2D eigenvalue weighted by Crippen LogP contribution is -2.30. The van der Waals surface area contributed by atoms with Gasteiger partial charge in [0.05, 0.1) is 26.4 Å². The molecule has 5 unspecified atom stereocenters. The van der Waals surface area contributed by atoms with Crippen molar-refractivity contribution in [1.29, 1.82) is 0 Å². The zero-order valence-electron chi connectivity index (χ0n) is 69.8. The average molecular weight is 1600 g/mol. The number of hydrogen-bond acceptors (Lipinski definition) is 15. The topological polar surface area (TPSA) is 237 Å². The molecule has 0 aromatic heterocycles. The van der Waals surface area contributed by atoms with Crippen LogP contribution in [0.5, 0.6) is 0 Å². The van der Waals surface area contributed by atoms with E-state index in [0.717, 1.165) is 225 Å². The summed E-state index contributed by atoms with van der Waals surface area (Å²) in [6, 6.07) is 0. The highest BCUT2D eigenvalue weighted by atomic mass is 31.2. The molecule has 0 spiro atoms. The number of esters is 4. The molecule has 0 heterocycles. The van der Waals surface area contributed by atoms with Gasteiger partial charge in [0.2, 0.25) is 0 Å². The van der Waals surface area contributed by atoms with Gasteiger partial charge in [0, 0.05) is 25.7 Å². The van der Waals surface area contributed by atoms with Crippen molar-refractivity contribution in [3.05, 3.63) is 182 Å². The SMILES string of the molecule is CC/C=C\C/C=C\C/C=C\C/C=C\CCCCCCCCC(=O)OCC(COP(=O)(O)OCC(O)COP(=O)(O)OCC(COC(=O)CCCCCCCC/C=C\C/C=C\C/C=C\CCCCC)OC(=O)CCCCCC/C=C\C/C=C\C/C=C\C/C=C\CC)OC(=O)CCCCCC/C=C\C/C=C\C/C=C\C/C=C\CC. The fraction of sp³-hybridized carbons (Fsp3) is 0.634. The van der Waals surface area contributed by atoms with Crippen molar-refractivity contribution in [2.24, 2.45) is 0 Å². The number of phosphoric acid groups is 2. The Kier molecular flexibility index (Phi) is 78.8. The first-order valence-electron chi connectivity index (χ1n) is 43.0. The second kappa shape index (κ2) is 83.1. The molecule has 0 aliphatic heterocycles. The number of hydrogen-bond donors (Lipinski definition) is 3. The maximum absolute atomic E-state index is 13.2. The van der Waals surface area contributed by atoms with Crippen LogP contribution in [-0.2, 0) is 65.4 Å². The molecule has 0 aromatic carbocycles. The highest BCUT2D eigenvalue weighted by Crippen LogP contribution is 2.45. The van der Waals surface area contributed by atoms with Gasteiger partial charge >= 0.3 is 39.5 Å². The smallest absolute Gasteiger partial charge is 0.462 e. The fourth-order valence-electron chi connectivity index (χ4n) is 10.9. The Morgan fingerprint density at radius 2 is 0.464 bits per heavy atom. The predicted octanol–water partition coefficient (Wildman–Crippen LogP) is 25.9. The van der Waals surface area contributed by atoms with Crippen LogP contribution >= 0.6 is 15.6 Å². The summed E-state index contributed by atoms with van der Waals surface area (Å²) < 4.78 is 68.8. The van der Waals surface area contributed by atoms with Gasteiger partial charge in [-0.1, -0.05) is 300 Å². The minimum absolute atomic E-state index is 0.0561. The van der Waals surface area contributed by atoms with Gasteiger partial charge in [0.15, 0.2) is 12.2 Å². The highest BCUT2D eigenvalue weighted by molar-refractivity contribution is 7.47. The number of rotatable bonds is 79. The molecule has 17 nitrogen and oxygen atoms in total. The summed E-state index contributed by atoms with van der Waals surface area (Å²) in [5.41, 5.74) is 0. The van der Waals surface area contributed by atoms with Crippen molar-refractivity contribution in [2.75, 3.05) is 39.6 Å². The van der Waals surface area contributed by atoms with Crippen LogP contribution in [0.15, 0.2) is 182 Å². The third-order valence-electron chi connectivity index (χ3n) is 17.3. The van der Waals surface area contributed by atoms with E-state index in [-0.39, 0.29) is 25.7 Å². The summed E-state index contributed by atoms with van der Waals surface area (Å²) >= 11 is 0. The molecular weight excluding hydrogens is 1450 g/mol. The summed E-state index contributed by atoms with van der Waals surface area (Å²) in [4.78, 5) is 73.3. The monoisotopic (exact) mass is 1600 g/mol. The van der Waals surface area contributed by atoms with E-state index in [9.17, 15) is 43.2 Å². The lowest BCUT2D eigenvalue weighted by atomic mass is 10.1. The number of allylic oxidation sites excluding steroid dienone is 30. The highest BCUT2D eigenvalue weighted by Gasteiger charge is 2.30. The van der Waals surface area contributed by atoms with E-state index >= 15 is 0 Å². The van der Waals surface area contributed by atoms with Gasteiger partial charge in [0.1, 0.15) is 19.3 Å². The van der Waals surface area contributed by atoms with E-state index in [1.54, 1.807) is 0 Å². The van der Waals surface area contributed by atoms with Gasteiger partial charge in [-0.15, -0.1) is 0 Å². The molecule has 0 saturated carbocycles. The molecule has 3 N–H and O–H groups in total. The first-order chi connectivity index (χ1) is 54.7. The number of ether oxygens (including phenoxy) is 4. The van der Waals surface area contributed by atoms with Crippen molar-refractivity contribution in [3.8, 4) is 0 Å². The van der Waals surface area contributed by atoms with Gasteiger partial charge in [-0.25, -0.2) is 9.13 Å². The predicted molar refractivity (Wildman–Crippen MR) is 463 cm³/mol. The van der Waals surface area contributed by atoms with Gasteiger partial charge < -0.3 is 33.8 Å². The molecule has 0 radical (unpaired) electrons. The van der Waals surface area contributed by atoms with Crippen LogP contribution in [-0.4, -0.2) is 96.7 Å². The second-order valence-corrected chi connectivity index (χ2v) is 30.9. The standard InChI is InChI=1S/C93H152O17P2/c1-5-9-13-17-21-25-29-33-37-41-43-47-49-53-57-61-65-69-73-77-90(95)103-83-88(109-92(97)79-75-71-67-63-59-55-51-45-39-35-31-27-23-19-15-11-7-3)85-107-111(99,100)105-81-87(94)82-106-112(101,102)108-86-89(110-93(98)80-76-72-68-64-60-56-52-46-40-36-32-28-24-20-16-12-8-4)84-104-91(96)78-74-70-66-62-58-54-50-48-44-42-38-34-30-26-22-18-14-10-6-2/h9,11-13,15-16,21-28,33-40,43-44,47-48,51-52,55-56,87-89,94H,5-8,10,14,17-20,29-32,41-42,45-46,49-50,53-54,57-86H2,1-4H3,(H,99,100)(H,101,102)/b13-9-,15-11-,16-12-,25-21-,26-22-,27-23-,28-24-,37-33-,38-34-,39-35-,40-36-,47-43-,48-44-,55-51-,56-52-. The summed E-state index contributed by atoms with van der Waals surface area (Å²) in [6.45, 7) is 4.43. The molecule has 0 amide bonds. The van der Waals surface area contributed by atoms with E-state index in [4.69, 9.17) is 37.0 Å². The lowest BCUT2D eigenvalue weighted by Gasteiger charge is -2.21. The molecule has 112 heavy (non-hydrogen) atoms. The van der Waals surface area contributed by atoms with E-state index in [2.05, 4.69) is 210 Å². The largest absolute Gasteiger partial charge is 0.472 e. The van der Waals surface area contributed by atoms with E-state index in [1.165, 1.54) is 19.3 Å². The maximum atomic E-state index is 13.2. The molecule has 0 aliphatic carbocycles. The van der Waals surface area contributed by atoms with E-state index < -0.39 is 97.5 Å².